The molecule has 1 aliphatic carbocycles. The van der Waals surface area contributed by atoms with Crippen molar-refractivity contribution in [3.63, 3.8) is 0 Å². The van der Waals surface area contributed by atoms with E-state index in [1.54, 1.807) is 0 Å². The topological polar surface area (TPSA) is 59.6 Å². The van der Waals surface area contributed by atoms with E-state index in [0.29, 0.717) is 24.2 Å². The number of carbonyl (C=O) groups excluding carboxylic acids is 1. The van der Waals surface area contributed by atoms with Crippen molar-refractivity contribution in [1.29, 1.82) is 0 Å². The molecule has 0 bridgehead atoms. The molecule has 29 heavy (non-hydrogen) atoms. The number of hydrogen-bond donors (Lipinski definition) is 2. The molecule has 6 heteroatoms. The van der Waals surface area contributed by atoms with Crippen molar-refractivity contribution >= 4 is 17.7 Å². The van der Waals surface area contributed by atoms with Crippen molar-refractivity contribution in [2.75, 3.05) is 13.2 Å². The van der Waals surface area contributed by atoms with Crippen molar-refractivity contribution < 1.29 is 14.3 Å². The smallest absolute Gasteiger partial charge is 0.407 e. The predicted molar refractivity (Wildman–Crippen MR) is 116 cm³/mol. The van der Waals surface area contributed by atoms with Crippen molar-refractivity contribution in [3.05, 3.63) is 53.1 Å². The van der Waals surface area contributed by atoms with Gasteiger partial charge in [-0.1, -0.05) is 23.7 Å². The second-order valence-corrected chi connectivity index (χ2v) is 8.74. The summed E-state index contributed by atoms with van der Waals surface area (Å²) in [6.45, 7) is 7.02. The third-order valence-corrected chi connectivity index (χ3v) is 4.57. The lowest BCUT2D eigenvalue weighted by Crippen LogP contribution is -2.34. The van der Waals surface area contributed by atoms with E-state index in [9.17, 15) is 4.79 Å². The summed E-state index contributed by atoms with van der Waals surface area (Å²) in [6.07, 6.45) is 2.05. The summed E-state index contributed by atoms with van der Waals surface area (Å²) in [5, 5.41) is 6.95. The molecule has 1 amide bonds. The highest BCUT2D eigenvalue weighted by Crippen LogP contribution is 2.29. The molecule has 0 atom stereocenters. The van der Waals surface area contributed by atoms with Crippen LogP contribution >= 0.6 is 11.6 Å². The van der Waals surface area contributed by atoms with Gasteiger partial charge in [-0.3, -0.25) is 0 Å². The Morgan fingerprint density at radius 2 is 1.93 bits per heavy atom. The zero-order valence-corrected chi connectivity index (χ0v) is 18.0. The van der Waals surface area contributed by atoms with Gasteiger partial charge in [0.25, 0.3) is 0 Å². The summed E-state index contributed by atoms with van der Waals surface area (Å²) in [7, 11) is 0. The van der Waals surface area contributed by atoms with Gasteiger partial charge in [0.2, 0.25) is 0 Å². The highest BCUT2D eigenvalue weighted by Gasteiger charge is 2.20. The van der Waals surface area contributed by atoms with E-state index in [1.807, 2.05) is 57.2 Å². The van der Waals surface area contributed by atoms with Crippen LogP contribution in [-0.2, 0) is 11.3 Å². The van der Waals surface area contributed by atoms with E-state index in [1.165, 1.54) is 12.8 Å². The van der Waals surface area contributed by atoms with Crippen molar-refractivity contribution in [2.24, 2.45) is 0 Å². The summed E-state index contributed by atoms with van der Waals surface area (Å²) in [6, 6.07) is 14.6. The van der Waals surface area contributed by atoms with Gasteiger partial charge in [0, 0.05) is 17.6 Å². The molecule has 0 aliphatic heterocycles. The average Bonchev–Trinajstić information content (AvgIpc) is 3.46. The quantitative estimate of drug-likeness (QED) is 0.583. The van der Waals surface area contributed by atoms with Crippen LogP contribution in [0.3, 0.4) is 0 Å². The predicted octanol–water partition coefficient (Wildman–Crippen LogP) is 5.16. The molecule has 1 fully saturated rings. The van der Waals surface area contributed by atoms with E-state index >= 15 is 0 Å². The monoisotopic (exact) mass is 416 g/mol. The van der Waals surface area contributed by atoms with E-state index in [4.69, 9.17) is 21.1 Å². The number of hydrogen-bond acceptors (Lipinski definition) is 4. The van der Waals surface area contributed by atoms with Crippen LogP contribution < -0.4 is 15.4 Å². The number of halogens is 1. The minimum atomic E-state index is -0.514. The van der Waals surface area contributed by atoms with Crippen molar-refractivity contribution in [2.45, 2.75) is 51.8 Å². The molecule has 2 aromatic rings. The lowest BCUT2D eigenvalue weighted by atomic mass is 10.0. The molecule has 0 spiro atoms. The maximum absolute atomic E-state index is 11.7. The maximum Gasteiger partial charge on any atom is 0.407 e. The highest BCUT2D eigenvalue weighted by atomic mass is 35.5. The van der Waals surface area contributed by atoms with Gasteiger partial charge < -0.3 is 20.1 Å². The maximum atomic E-state index is 11.7. The number of amides is 1. The van der Waals surface area contributed by atoms with E-state index in [-0.39, 0.29) is 0 Å². The fourth-order valence-electron chi connectivity index (χ4n) is 2.87. The first-order valence-electron chi connectivity index (χ1n) is 10.0. The standard InChI is InChI=1S/C23H29ClN2O3/c1-23(2,3)29-22(27)25-9-10-28-21-12-16(15-26-20-7-8-20)11-18(14-21)17-5-4-6-19(24)13-17/h4-6,11-14,20,26H,7-10,15H2,1-3H3,(H,25,27). The number of carbonyl (C=O) groups is 1. The van der Waals surface area contributed by atoms with Gasteiger partial charge in [-0.25, -0.2) is 4.79 Å². The lowest BCUT2D eigenvalue weighted by Gasteiger charge is -2.19. The third kappa shape index (κ3) is 7.59. The number of ether oxygens (including phenoxy) is 2. The molecule has 1 saturated carbocycles. The number of benzene rings is 2. The van der Waals surface area contributed by atoms with Crippen molar-refractivity contribution in [1.82, 2.24) is 10.6 Å². The molecule has 156 valence electrons. The van der Waals surface area contributed by atoms with Crippen LogP contribution in [0.4, 0.5) is 4.79 Å². The van der Waals surface area contributed by atoms with Crippen LogP contribution in [0.5, 0.6) is 5.75 Å². The summed E-state index contributed by atoms with van der Waals surface area (Å²) < 4.78 is 11.1. The third-order valence-electron chi connectivity index (χ3n) is 4.34. The molecular weight excluding hydrogens is 388 g/mol. The first-order chi connectivity index (χ1) is 13.8. The zero-order chi connectivity index (χ0) is 20.9. The minimum Gasteiger partial charge on any atom is -0.492 e. The number of alkyl carbamates (subject to hydrolysis) is 1. The van der Waals surface area contributed by atoms with Crippen LogP contribution in [0.15, 0.2) is 42.5 Å². The normalized spacial score (nSPS) is 13.8. The first kappa shape index (κ1) is 21.5. The Labute approximate surface area is 177 Å². The Balaban J connectivity index is 1.64. The van der Waals surface area contributed by atoms with E-state index < -0.39 is 11.7 Å². The van der Waals surface area contributed by atoms with Crippen LogP contribution in [0.1, 0.15) is 39.2 Å². The number of rotatable bonds is 8. The molecule has 2 N–H and O–H groups in total. The summed E-state index contributed by atoms with van der Waals surface area (Å²) in [5.74, 6) is 0.765. The van der Waals surface area contributed by atoms with Crippen LogP contribution in [0.2, 0.25) is 5.02 Å². The lowest BCUT2D eigenvalue weighted by molar-refractivity contribution is 0.0520. The number of nitrogens with one attached hydrogen (secondary N) is 2. The van der Waals surface area contributed by atoms with Gasteiger partial charge in [-0.05, 0) is 80.6 Å². The molecule has 0 saturated heterocycles. The largest absolute Gasteiger partial charge is 0.492 e. The van der Waals surface area contributed by atoms with E-state index in [2.05, 4.69) is 16.7 Å². The molecule has 2 aromatic carbocycles. The second kappa shape index (κ2) is 9.51. The van der Waals surface area contributed by atoms with Crippen molar-refractivity contribution in [3.8, 4) is 16.9 Å². The summed E-state index contributed by atoms with van der Waals surface area (Å²) in [5.41, 5.74) is 2.74. The molecule has 3 rings (SSSR count). The van der Waals surface area contributed by atoms with Crippen LogP contribution in [-0.4, -0.2) is 30.9 Å². The Kier molecular flexibility index (Phi) is 7.04. The molecule has 0 unspecified atom stereocenters. The Morgan fingerprint density at radius 3 is 2.62 bits per heavy atom. The van der Waals surface area contributed by atoms with Crippen LogP contribution in [0, 0.1) is 0 Å². The molecule has 0 heterocycles. The van der Waals surface area contributed by atoms with Gasteiger partial charge in [0.1, 0.15) is 18.0 Å². The zero-order valence-electron chi connectivity index (χ0n) is 17.3. The summed E-state index contributed by atoms with van der Waals surface area (Å²) in [4.78, 5) is 11.7. The van der Waals surface area contributed by atoms with Gasteiger partial charge in [0.05, 0.1) is 6.54 Å². The van der Waals surface area contributed by atoms with Gasteiger partial charge in [-0.2, -0.15) is 0 Å². The fraction of sp³-hybridized carbons (Fsp3) is 0.435. The van der Waals surface area contributed by atoms with E-state index in [0.717, 1.165) is 29.0 Å². The molecular formula is C23H29ClN2O3. The van der Waals surface area contributed by atoms with Gasteiger partial charge >= 0.3 is 6.09 Å². The molecule has 1 aliphatic rings. The van der Waals surface area contributed by atoms with Crippen LogP contribution in [0.25, 0.3) is 11.1 Å². The Hall–Kier alpha value is -2.24. The fourth-order valence-corrected chi connectivity index (χ4v) is 3.06. The highest BCUT2D eigenvalue weighted by molar-refractivity contribution is 6.30. The molecule has 0 aromatic heterocycles. The SMILES string of the molecule is CC(C)(C)OC(=O)NCCOc1cc(CNC2CC2)cc(-c2cccc(Cl)c2)c1. The second-order valence-electron chi connectivity index (χ2n) is 8.31. The Bertz CT molecular complexity index is 844. The summed E-state index contributed by atoms with van der Waals surface area (Å²) >= 11 is 6.17. The van der Waals surface area contributed by atoms with Gasteiger partial charge in [0.15, 0.2) is 0 Å². The Morgan fingerprint density at radius 1 is 1.14 bits per heavy atom. The molecule has 5 nitrogen and oxygen atoms in total. The first-order valence-corrected chi connectivity index (χ1v) is 10.4. The minimum absolute atomic E-state index is 0.355. The molecule has 0 radical (unpaired) electrons. The van der Waals surface area contributed by atoms with Gasteiger partial charge in [-0.15, -0.1) is 0 Å². The average molecular weight is 417 g/mol.